The molecule has 0 radical (unpaired) electrons. The first-order valence-corrected chi connectivity index (χ1v) is 5.94. The van der Waals surface area contributed by atoms with Gasteiger partial charge in [-0.15, -0.1) is 0 Å². The van der Waals surface area contributed by atoms with E-state index in [-0.39, 0.29) is 12.6 Å². The number of halogens is 2. The van der Waals surface area contributed by atoms with E-state index in [4.69, 9.17) is 0 Å². The third-order valence-electron chi connectivity index (χ3n) is 3.16. The number of hydrogen-bond donors (Lipinski definition) is 1. The van der Waals surface area contributed by atoms with Gasteiger partial charge in [-0.1, -0.05) is 24.3 Å². The molecule has 0 bridgehead atoms. The lowest BCUT2D eigenvalue weighted by Crippen LogP contribution is -2.39. The number of nitrogens with one attached hydrogen (secondary N) is 1. The fourth-order valence-electron chi connectivity index (χ4n) is 2.38. The molecule has 1 N–H and O–H groups in total. The minimum atomic E-state index is -2.26. The number of alkyl halides is 2. The third-order valence-corrected chi connectivity index (χ3v) is 3.16. The molecule has 17 heavy (non-hydrogen) atoms. The Labute approximate surface area is 101 Å². The van der Waals surface area contributed by atoms with Gasteiger partial charge < -0.3 is 5.32 Å². The molecule has 0 aromatic heterocycles. The van der Waals surface area contributed by atoms with Crippen LogP contribution in [0.25, 0.3) is 0 Å². The fourth-order valence-corrected chi connectivity index (χ4v) is 2.38. The van der Waals surface area contributed by atoms with Crippen LogP contribution in [0, 0.1) is 0 Å². The van der Waals surface area contributed by atoms with Gasteiger partial charge in [0, 0.05) is 12.6 Å². The van der Waals surface area contributed by atoms with Crippen LogP contribution in [0.4, 0.5) is 8.78 Å². The summed E-state index contributed by atoms with van der Waals surface area (Å²) in [5, 5.41) is 3.39. The van der Waals surface area contributed by atoms with Crippen molar-refractivity contribution in [1.82, 2.24) is 10.2 Å². The summed E-state index contributed by atoms with van der Waals surface area (Å²) in [5.41, 5.74) is 2.58. The van der Waals surface area contributed by atoms with Crippen molar-refractivity contribution in [3.63, 3.8) is 0 Å². The van der Waals surface area contributed by atoms with Crippen LogP contribution in [0.15, 0.2) is 24.3 Å². The molecule has 1 heterocycles. The van der Waals surface area contributed by atoms with Crippen molar-refractivity contribution in [1.29, 1.82) is 0 Å². The molecule has 1 aromatic rings. The van der Waals surface area contributed by atoms with Crippen molar-refractivity contribution in [2.24, 2.45) is 0 Å². The Morgan fingerprint density at radius 1 is 1.41 bits per heavy atom. The highest BCUT2D eigenvalue weighted by atomic mass is 19.3. The maximum atomic E-state index is 12.3. The number of rotatable bonds is 4. The second-order valence-electron chi connectivity index (χ2n) is 4.57. The van der Waals surface area contributed by atoms with Crippen LogP contribution in [0.5, 0.6) is 0 Å². The van der Waals surface area contributed by atoms with E-state index < -0.39 is 6.43 Å². The van der Waals surface area contributed by atoms with E-state index in [9.17, 15) is 8.78 Å². The van der Waals surface area contributed by atoms with Crippen molar-refractivity contribution in [2.75, 3.05) is 26.7 Å². The van der Waals surface area contributed by atoms with Gasteiger partial charge in [0.15, 0.2) is 0 Å². The largest absolute Gasteiger partial charge is 0.309 e. The molecule has 1 unspecified atom stereocenters. The molecule has 1 aliphatic heterocycles. The molecule has 0 fully saturated rings. The van der Waals surface area contributed by atoms with Crippen LogP contribution in [-0.2, 0) is 6.42 Å². The van der Waals surface area contributed by atoms with E-state index in [0.29, 0.717) is 6.54 Å². The normalized spacial score (nSPS) is 19.7. The van der Waals surface area contributed by atoms with Gasteiger partial charge in [-0.05, 0) is 31.1 Å². The van der Waals surface area contributed by atoms with Crippen LogP contribution < -0.4 is 5.32 Å². The quantitative estimate of drug-likeness (QED) is 0.866. The molecule has 1 aromatic carbocycles. The first-order chi connectivity index (χ1) is 8.16. The van der Waals surface area contributed by atoms with Gasteiger partial charge in [0.25, 0.3) is 6.43 Å². The average Bonchev–Trinajstić information content (AvgIpc) is 2.28. The molecule has 0 aliphatic carbocycles. The molecular weight excluding hydrogens is 222 g/mol. The monoisotopic (exact) mass is 240 g/mol. The van der Waals surface area contributed by atoms with Gasteiger partial charge in [0.2, 0.25) is 0 Å². The molecule has 1 atom stereocenters. The Morgan fingerprint density at radius 2 is 2.18 bits per heavy atom. The molecule has 94 valence electrons. The van der Waals surface area contributed by atoms with Crippen LogP contribution in [0.3, 0.4) is 0 Å². The molecule has 0 saturated heterocycles. The number of fused-ring (bicyclic) bond motifs is 1. The lowest BCUT2D eigenvalue weighted by molar-refractivity contribution is 0.0955. The van der Waals surface area contributed by atoms with Gasteiger partial charge >= 0.3 is 0 Å². The minimum Gasteiger partial charge on any atom is -0.309 e. The van der Waals surface area contributed by atoms with E-state index >= 15 is 0 Å². The van der Waals surface area contributed by atoms with E-state index in [1.807, 2.05) is 12.1 Å². The Bertz CT molecular complexity index is 368. The lowest BCUT2D eigenvalue weighted by Gasteiger charge is -2.30. The summed E-state index contributed by atoms with van der Waals surface area (Å²) in [5.74, 6) is 0. The highest BCUT2D eigenvalue weighted by molar-refractivity contribution is 5.32. The second kappa shape index (κ2) is 5.56. The summed E-state index contributed by atoms with van der Waals surface area (Å²) in [6, 6.07) is 8.41. The van der Waals surface area contributed by atoms with Crippen LogP contribution in [0.1, 0.15) is 17.2 Å². The van der Waals surface area contributed by atoms with Crippen molar-refractivity contribution >= 4 is 0 Å². The predicted molar refractivity (Wildman–Crippen MR) is 64.4 cm³/mol. The van der Waals surface area contributed by atoms with Crippen molar-refractivity contribution in [3.8, 4) is 0 Å². The summed E-state index contributed by atoms with van der Waals surface area (Å²) >= 11 is 0. The topological polar surface area (TPSA) is 15.3 Å². The van der Waals surface area contributed by atoms with E-state index in [0.717, 1.165) is 13.0 Å². The fraction of sp³-hybridized carbons (Fsp3) is 0.538. The van der Waals surface area contributed by atoms with Crippen molar-refractivity contribution in [3.05, 3.63) is 35.4 Å². The zero-order chi connectivity index (χ0) is 12.3. The lowest BCUT2D eigenvalue weighted by atomic mass is 9.94. The van der Waals surface area contributed by atoms with E-state index in [1.165, 1.54) is 11.1 Å². The molecule has 2 rings (SSSR count). The SMILES string of the molecule is CN(CC(F)F)CC1NCCc2ccccc21. The van der Waals surface area contributed by atoms with Gasteiger partial charge in [0.05, 0.1) is 6.54 Å². The first-order valence-electron chi connectivity index (χ1n) is 5.94. The molecular formula is C13H18F2N2. The molecule has 0 amide bonds. The van der Waals surface area contributed by atoms with Gasteiger partial charge in [-0.25, -0.2) is 8.78 Å². The average molecular weight is 240 g/mol. The van der Waals surface area contributed by atoms with Crippen molar-refractivity contribution < 1.29 is 8.78 Å². The number of nitrogens with zero attached hydrogens (tertiary/aromatic N) is 1. The molecule has 0 saturated carbocycles. The smallest absolute Gasteiger partial charge is 0.251 e. The van der Waals surface area contributed by atoms with E-state index in [2.05, 4.69) is 17.4 Å². The van der Waals surface area contributed by atoms with Crippen LogP contribution >= 0.6 is 0 Å². The zero-order valence-corrected chi connectivity index (χ0v) is 10.00. The number of likely N-dealkylation sites (N-methyl/N-ethyl adjacent to an activating group) is 1. The van der Waals surface area contributed by atoms with Crippen molar-refractivity contribution in [2.45, 2.75) is 18.9 Å². The van der Waals surface area contributed by atoms with Crippen LogP contribution in [-0.4, -0.2) is 38.0 Å². The molecule has 2 nitrogen and oxygen atoms in total. The standard InChI is InChI=1S/C13H18F2N2/c1-17(9-13(14)15)8-12-11-5-3-2-4-10(11)6-7-16-12/h2-5,12-13,16H,6-9H2,1H3. The highest BCUT2D eigenvalue weighted by Gasteiger charge is 2.21. The Hall–Kier alpha value is -1.00. The summed E-state index contributed by atoms with van der Waals surface area (Å²) in [7, 11) is 1.74. The van der Waals surface area contributed by atoms with E-state index in [1.54, 1.807) is 11.9 Å². The number of benzene rings is 1. The summed E-state index contributed by atoms with van der Waals surface area (Å²) in [6.07, 6.45) is -1.25. The predicted octanol–water partition coefficient (Wildman–Crippen LogP) is 2.07. The Morgan fingerprint density at radius 3 is 2.94 bits per heavy atom. The van der Waals surface area contributed by atoms with Crippen LogP contribution in [0.2, 0.25) is 0 Å². The van der Waals surface area contributed by atoms with Gasteiger partial charge in [-0.3, -0.25) is 4.90 Å². The zero-order valence-electron chi connectivity index (χ0n) is 10.00. The summed E-state index contributed by atoms with van der Waals surface area (Å²) in [4.78, 5) is 1.68. The maximum Gasteiger partial charge on any atom is 0.251 e. The Balaban J connectivity index is 2.03. The highest BCUT2D eigenvalue weighted by Crippen LogP contribution is 2.23. The molecule has 1 aliphatic rings. The molecule has 0 spiro atoms. The Kier molecular flexibility index (Phi) is 4.07. The summed E-state index contributed by atoms with van der Waals surface area (Å²) in [6.45, 7) is 1.38. The van der Waals surface area contributed by atoms with Gasteiger partial charge in [0.1, 0.15) is 0 Å². The van der Waals surface area contributed by atoms with Gasteiger partial charge in [-0.2, -0.15) is 0 Å². The second-order valence-corrected chi connectivity index (χ2v) is 4.57. The maximum absolute atomic E-state index is 12.3. The minimum absolute atomic E-state index is 0.166. The third kappa shape index (κ3) is 3.23. The summed E-state index contributed by atoms with van der Waals surface area (Å²) < 4.78 is 24.5. The first kappa shape index (κ1) is 12.5. The number of hydrogen-bond acceptors (Lipinski definition) is 2. The molecule has 4 heteroatoms.